The van der Waals surface area contributed by atoms with Crippen LogP contribution in [0.4, 0.5) is 0 Å². The first-order valence-electron chi connectivity index (χ1n) is 6.50. The number of hydrogen-bond acceptors (Lipinski definition) is 3. The van der Waals surface area contributed by atoms with E-state index in [0.717, 1.165) is 12.8 Å². The molecule has 1 atom stereocenters. The second-order valence-electron chi connectivity index (χ2n) is 5.61. The summed E-state index contributed by atoms with van der Waals surface area (Å²) in [6.45, 7) is 4.55. The Kier molecular flexibility index (Phi) is 4.07. The van der Waals surface area contributed by atoms with Crippen molar-refractivity contribution in [3.05, 3.63) is 22.4 Å². The van der Waals surface area contributed by atoms with Crippen LogP contribution in [0.25, 0.3) is 0 Å². The van der Waals surface area contributed by atoms with Gasteiger partial charge in [0.25, 0.3) is 0 Å². The standard InChI is InChI=1S/C14H21NO2S/c1-14(2)9-11(16)10-15(14)13(17)7-3-5-12-6-4-8-18-12/h4,6,8,11,16H,3,5,7,9-10H2,1-2H3. The lowest BCUT2D eigenvalue weighted by molar-refractivity contribution is -0.134. The lowest BCUT2D eigenvalue weighted by Gasteiger charge is -2.31. The first-order chi connectivity index (χ1) is 8.49. The van der Waals surface area contributed by atoms with Crippen LogP contribution in [0.5, 0.6) is 0 Å². The van der Waals surface area contributed by atoms with Gasteiger partial charge in [-0.1, -0.05) is 6.07 Å². The molecule has 100 valence electrons. The second kappa shape index (κ2) is 5.41. The van der Waals surface area contributed by atoms with E-state index in [2.05, 4.69) is 11.4 Å². The normalized spacial score (nSPS) is 22.4. The minimum absolute atomic E-state index is 0.174. The monoisotopic (exact) mass is 267 g/mol. The number of aliphatic hydroxyl groups is 1. The summed E-state index contributed by atoms with van der Waals surface area (Å²) in [5, 5.41) is 11.7. The average molecular weight is 267 g/mol. The molecule has 1 saturated heterocycles. The molecule has 0 saturated carbocycles. The molecule has 0 aromatic carbocycles. The minimum Gasteiger partial charge on any atom is -0.391 e. The third-order valence-corrected chi connectivity index (χ3v) is 4.49. The van der Waals surface area contributed by atoms with Crippen LogP contribution in [-0.4, -0.2) is 34.1 Å². The smallest absolute Gasteiger partial charge is 0.223 e. The molecule has 1 aliphatic heterocycles. The summed E-state index contributed by atoms with van der Waals surface area (Å²) in [5.74, 6) is 0.174. The predicted octanol–water partition coefficient (Wildman–Crippen LogP) is 2.44. The molecule has 1 aromatic rings. The van der Waals surface area contributed by atoms with Gasteiger partial charge in [-0.3, -0.25) is 4.79 Å². The molecular formula is C14H21NO2S. The summed E-state index contributed by atoms with van der Waals surface area (Å²) in [7, 11) is 0. The first kappa shape index (κ1) is 13.6. The zero-order chi connectivity index (χ0) is 13.2. The molecule has 2 heterocycles. The Morgan fingerprint density at radius 3 is 2.94 bits per heavy atom. The number of amides is 1. The number of carbonyl (C=O) groups excluding carboxylic acids is 1. The summed E-state index contributed by atoms with van der Waals surface area (Å²) in [6.07, 6.45) is 2.77. The van der Waals surface area contributed by atoms with E-state index in [4.69, 9.17) is 0 Å². The summed E-state index contributed by atoms with van der Waals surface area (Å²) in [5.41, 5.74) is -0.195. The molecule has 1 aliphatic rings. The van der Waals surface area contributed by atoms with Crippen molar-refractivity contribution >= 4 is 17.2 Å². The Morgan fingerprint density at radius 1 is 1.61 bits per heavy atom. The number of thiophene rings is 1. The van der Waals surface area contributed by atoms with Gasteiger partial charge >= 0.3 is 0 Å². The highest BCUT2D eigenvalue weighted by Gasteiger charge is 2.39. The maximum Gasteiger partial charge on any atom is 0.223 e. The Balaban J connectivity index is 1.81. The zero-order valence-corrected chi connectivity index (χ0v) is 11.9. The molecule has 1 amide bonds. The molecule has 18 heavy (non-hydrogen) atoms. The van der Waals surface area contributed by atoms with Gasteiger partial charge in [-0.25, -0.2) is 0 Å². The highest BCUT2D eigenvalue weighted by Crippen LogP contribution is 2.29. The summed E-state index contributed by atoms with van der Waals surface area (Å²) >= 11 is 1.74. The maximum absolute atomic E-state index is 12.2. The van der Waals surface area contributed by atoms with Gasteiger partial charge in [0.05, 0.1) is 6.10 Å². The fourth-order valence-electron chi connectivity index (χ4n) is 2.65. The molecule has 0 bridgehead atoms. The van der Waals surface area contributed by atoms with Crippen LogP contribution in [0.1, 0.15) is 38.0 Å². The number of aryl methyl sites for hydroxylation is 1. The number of hydrogen-bond donors (Lipinski definition) is 1. The van der Waals surface area contributed by atoms with E-state index in [1.165, 1.54) is 4.88 Å². The van der Waals surface area contributed by atoms with Crippen LogP contribution in [0.15, 0.2) is 17.5 Å². The van der Waals surface area contributed by atoms with Crippen molar-refractivity contribution in [2.75, 3.05) is 6.54 Å². The van der Waals surface area contributed by atoms with Gasteiger partial charge in [-0.2, -0.15) is 0 Å². The van der Waals surface area contributed by atoms with Gasteiger partial charge < -0.3 is 10.0 Å². The Bertz CT molecular complexity index is 400. The van der Waals surface area contributed by atoms with Crippen LogP contribution in [0.3, 0.4) is 0 Å². The van der Waals surface area contributed by atoms with Gasteiger partial charge in [0, 0.05) is 23.4 Å². The van der Waals surface area contributed by atoms with Gasteiger partial charge in [-0.05, 0) is 44.6 Å². The van der Waals surface area contributed by atoms with Gasteiger partial charge in [0.2, 0.25) is 5.91 Å². The van der Waals surface area contributed by atoms with Crippen molar-refractivity contribution in [2.45, 2.75) is 51.2 Å². The van der Waals surface area contributed by atoms with Crippen molar-refractivity contribution in [3.63, 3.8) is 0 Å². The molecule has 3 nitrogen and oxygen atoms in total. The van der Waals surface area contributed by atoms with Gasteiger partial charge in [0.1, 0.15) is 0 Å². The first-order valence-corrected chi connectivity index (χ1v) is 7.38. The summed E-state index contributed by atoms with van der Waals surface area (Å²) in [6, 6.07) is 4.15. The number of aliphatic hydroxyl groups excluding tert-OH is 1. The van der Waals surface area contributed by atoms with Crippen molar-refractivity contribution < 1.29 is 9.90 Å². The molecule has 4 heteroatoms. The van der Waals surface area contributed by atoms with Crippen LogP contribution in [0.2, 0.25) is 0 Å². The molecule has 1 N–H and O–H groups in total. The number of carbonyl (C=O) groups is 1. The minimum atomic E-state index is -0.360. The van der Waals surface area contributed by atoms with Crippen LogP contribution >= 0.6 is 11.3 Å². The third kappa shape index (κ3) is 3.12. The second-order valence-corrected chi connectivity index (χ2v) is 6.64. The summed E-state index contributed by atoms with van der Waals surface area (Å²) in [4.78, 5) is 15.3. The average Bonchev–Trinajstić information content (AvgIpc) is 2.85. The lowest BCUT2D eigenvalue weighted by atomic mass is 10.0. The predicted molar refractivity (Wildman–Crippen MR) is 73.7 cm³/mol. The van der Waals surface area contributed by atoms with E-state index >= 15 is 0 Å². The highest BCUT2D eigenvalue weighted by molar-refractivity contribution is 7.09. The van der Waals surface area contributed by atoms with Crippen molar-refractivity contribution in [2.24, 2.45) is 0 Å². The Morgan fingerprint density at radius 2 is 2.39 bits per heavy atom. The molecule has 0 spiro atoms. The number of β-amino-alcohol motifs (C(OH)–C–C–N with tert-alkyl or cyclic N) is 1. The molecule has 1 fully saturated rings. The highest BCUT2D eigenvalue weighted by atomic mass is 32.1. The Labute approximate surface area is 112 Å². The Hall–Kier alpha value is -0.870. The van der Waals surface area contributed by atoms with Crippen molar-refractivity contribution in [1.82, 2.24) is 4.90 Å². The van der Waals surface area contributed by atoms with E-state index in [9.17, 15) is 9.90 Å². The quantitative estimate of drug-likeness (QED) is 0.910. The topological polar surface area (TPSA) is 40.5 Å². The van der Waals surface area contributed by atoms with E-state index in [1.54, 1.807) is 11.3 Å². The van der Waals surface area contributed by atoms with E-state index in [1.807, 2.05) is 24.8 Å². The third-order valence-electron chi connectivity index (χ3n) is 3.55. The fourth-order valence-corrected chi connectivity index (χ4v) is 3.40. The number of likely N-dealkylation sites (tertiary alicyclic amines) is 1. The van der Waals surface area contributed by atoms with E-state index < -0.39 is 0 Å². The largest absolute Gasteiger partial charge is 0.391 e. The molecule has 2 rings (SSSR count). The fraction of sp³-hybridized carbons (Fsp3) is 0.643. The molecular weight excluding hydrogens is 246 g/mol. The lowest BCUT2D eigenvalue weighted by Crippen LogP contribution is -2.42. The van der Waals surface area contributed by atoms with Gasteiger partial charge in [0.15, 0.2) is 0 Å². The van der Waals surface area contributed by atoms with Gasteiger partial charge in [-0.15, -0.1) is 11.3 Å². The summed E-state index contributed by atoms with van der Waals surface area (Å²) < 4.78 is 0. The van der Waals surface area contributed by atoms with Crippen molar-refractivity contribution in [1.29, 1.82) is 0 Å². The zero-order valence-electron chi connectivity index (χ0n) is 11.1. The number of rotatable bonds is 4. The van der Waals surface area contributed by atoms with Crippen molar-refractivity contribution in [3.8, 4) is 0 Å². The molecule has 1 unspecified atom stereocenters. The van der Waals surface area contributed by atoms with E-state index in [0.29, 0.717) is 19.4 Å². The molecule has 0 radical (unpaired) electrons. The maximum atomic E-state index is 12.2. The van der Waals surface area contributed by atoms with E-state index in [-0.39, 0.29) is 17.6 Å². The number of nitrogens with zero attached hydrogens (tertiary/aromatic N) is 1. The van der Waals surface area contributed by atoms with Crippen LogP contribution in [0, 0.1) is 0 Å². The molecule has 0 aliphatic carbocycles. The molecule has 1 aromatic heterocycles. The van der Waals surface area contributed by atoms with Crippen LogP contribution < -0.4 is 0 Å². The SMILES string of the molecule is CC1(C)CC(O)CN1C(=O)CCCc1cccs1. The van der Waals surface area contributed by atoms with Crippen LogP contribution in [-0.2, 0) is 11.2 Å².